The molecule has 0 radical (unpaired) electrons. The molecule has 0 saturated carbocycles. The average molecular weight is 425 g/mol. The highest BCUT2D eigenvalue weighted by Crippen LogP contribution is 2.20. The standard InChI is InChI=1S/C25H24N6O/c32-25(18-20-6-8-22(9-7-20)21-4-2-1-3-5-21)30-16-14-29(15-17-30)23-10-11-24(28-27-23)31-13-12-26-19-31/h1-13,19H,14-18H2. The van der Waals surface area contributed by atoms with Gasteiger partial charge >= 0.3 is 0 Å². The summed E-state index contributed by atoms with van der Waals surface area (Å²) >= 11 is 0. The quantitative estimate of drug-likeness (QED) is 0.492. The van der Waals surface area contributed by atoms with E-state index in [1.54, 1.807) is 12.5 Å². The molecule has 2 aromatic heterocycles. The molecule has 7 heteroatoms. The average Bonchev–Trinajstić information content (AvgIpc) is 3.40. The van der Waals surface area contributed by atoms with Gasteiger partial charge in [-0.3, -0.25) is 9.36 Å². The molecule has 0 aliphatic carbocycles. The highest BCUT2D eigenvalue weighted by Gasteiger charge is 2.22. The van der Waals surface area contributed by atoms with Crippen molar-refractivity contribution < 1.29 is 4.79 Å². The van der Waals surface area contributed by atoms with E-state index in [1.165, 1.54) is 5.56 Å². The van der Waals surface area contributed by atoms with Crippen LogP contribution in [0.25, 0.3) is 16.9 Å². The van der Waals surface area contributed by atoms with Gasteiger partial charge in [0.05, 0.1) is 6.42 Å². The fraction of sp³-hybridized carbons (Fsp3) is 0.200. The highest BCUT2D eigenvalue weighted by molar-refractivity contribution is 5.79. The van der Waals surface area contributed by atoms with Gasteiger partial charge in [0.25, 0.3) is 0 Å². The number of aromatic nitrogens is 4. The molecule has 5 rings (SSSR count). The van der Waals surface area contributed by atoms with Gasteiger partial charge in [-0.15, -0.1) is 10.2 Å². The number of hydrogen-bond donors (Lipinski definition) is 0. The molecule has 1 amide bonds. The Labute approximate surface area is 187 Å². The van der Waals surface area contributed by atoms with Crippen molar-refractivity contribution in [3.63, 3.8) is 0 Å². The summed E-state index contributed by atoms with van der Waals surface area (Å²) in [5.74, 6) is 1.73. The largest absolute Gasteiger partial charge is 0.352 e. The Kier molecular flexibility index (Phi) is 5.61. The van der Waals surface area contributed by atoms with E-state index in [4.69, 9.17) is 0 Å². The lowest BCUT2D eigenvalue weighted by atomic mass is 10.0. The molecule has 4 aromatic rings. The summed E-state index contributed by atoms with van der Waals surface area (Å²) in [6, 6.07) is 22.4. The summed E-state index contributed by atoms with van der Waals surface area (Å²) in [6.45, 7) is 2.87. The van der Waals surface area contributed by atoms with Gasteiger partial charge in [0, 0.05) is 38.6 Å². The van der Waals surface area contributed by atoms with Gasteiger partial charge < -0.3 is 9.80 Å². The van der Waals surface area contributed by atoms with E-state index in [0.717, 1.165) is 35.9 Å². The Morgan fingerprint density at radius 2 is 1.47 bits per heavy atom. The molecule has 0 N–H and O–H groups in total. The number of carbonyl (C=O) groups excluding carboxylic acids is 1. The predicted molar refractivity (Wildman–Crippen MR) is 124 cm³/mol. The Bertz CT molecular complexity index is 1150. The van der Waals surface area contributed by atoms with Crippen LogP contribution in [-0.2, 0) is 11.2 Å². The maximum absolute atomic E-state index is 12.8. The minimum absolute atomic E-state index is 0.165. The predicted octanol–water partition coefficient (Wildman–Crippen LogP) is 3.22. The van der Waals surface area contributed by atoms with E-state index in [1.807, 2.05) is 58.1 Å². The lowest BCUT2D eigenvalue weighted by Gasteiger charge is -2.35. The third-order valence-electron chi connectivity index (χ3n) is 5.78. The molecule has 32 heavy (non-hydrogen) atoms. The van der Waals surface area contributed by atoms with Crippen LogP contribution in [0, 0.1) is 0 Å². The van der Waals surface area contributed by atoms with Crippen molar-refractivity contribution in [1.29, 1.82) is 0 Å². The highest BCUT2D eigenvalue weighted by atomic mass is 16.2. The van der Waals surface area contributed by atoms with E-state index >= 15 is 0 Å². The van der Waals surface area contributed by atoms with E-state index in [0.29, 0.717) is 19.5 Å². The third-order valence-corrected chi connectivity index (χ3v) is 5.78. The van der Waals surface area contributed by atoms with Crippen LogP contribution in [0.3, 0.4) is 0 Å². The second kappa shape index (κ2) is 9.01. The molecule has 0 atom stereocenters. The van der Waals surface area contributed by atoms with Gasteiger partial charge in [-0.1, -0.05) is 54.6 Å². The summed E-state index contributed by atoms with van der Waals surface area (Å²) < 4.78 is 1.82. The molecular weight excluding hydrogens is 400 g/mol. The number of imidazole rings is 1. The van der Waals surface area contributed by atoms with Crippen LogP contribution in [0.5, 0.6) is 0 Å². The lowest BCUT2D eigenvalue weighted by molar-refractivity contribution is -0.130. The van der Waals surface area contributed by atoms with Gasteiger partial charge in [0.1, 0.15) is 6.33 Å². The Hall–Kier alpha value is -4.00. The molecule has 0 unspecified atom stereocenters. The first-order valence-corrected chi connectivity index (χ1v) is 10.8. The van der Waals surface area contributed by atoms with Crippen LogP contribution in [0.2, 0.25) is 0 Å². The zero-order valence-corrected chi connectivity index (χ0v) is 17.7. The minimum atomic E-state index is 0.165. The fourth-order valence-corrected chi connectivity index (χ4v) is 3.94. The van der Waals surface area contributed by atoms with E-state index < -0.39 is 0 Å². The number of piperazine rings is 1. The molecule has 0 bridgehead atoms. The number of carbonyl (C=O) groups is 1. The van der Waals surface area contributed by atoms with Crippen LogP contribution in [-0.4, -0.2) is 56.7 Å². The fourth-order valence-electron chi connectivity index (χ4n) is 3.94. The first kappa shape index (κ1) is 19.9. The van der Waals surface area contributed by atoms with Gasteiger partial charge in [0.15, 0.2) is 11.6 Å². The van der Waals surface area contributed by atoms with Crippen LogP contribution >= 0.6 is 0 Å². The molecule has 1 fully saturated rings. The van der Waals surface area contributed by atoms with Crippen LogP contribution in [0.4, 0.5) is 5.82 Å². The van der Waals surface area contributed by atoms with Gasteiger partial charge in [0.2, 0.25) is 5.91 Å². The van der Waals surface area contributed by atoms with Crippen molar-refractivity contribution >= 4 is 11.7 Å². The summed E-state index contributed by atoms with van der Waals surface area (Å²) in [5.41, 5.74) is 3.39. The maximum Gasteiger partial charge on any atom is 0.227 e. The zero-order valence-electron chi connectivity index (χ0n) is 17.7. The molecule has 160 valence electrons. The normalized spacial score (nSPS) is 13.9. The monoisotopic (exact) mass is 424 g/mol. The SMILES string of the molecule is O=C(Cc1ccc(-c2ccccc2)cc1)N1CCN(c2ccc(-n3ccnc3)nn2)CC1. The molecule has 3 heterocycles. The lowest BCUT2D eigenvalue weighted by Crippen LogP contribution is -2.49. The second-order valence-corrected chi connectivity index (χ2v) is 7.83. The van der Waals surface area contributed by atoms with Gasteiger partial charge in [-0.25, -0.2) is 4.98 Å². The smallest absolute Gasteiger partial charge is 0.227 e. The molecule has 1 aliphatic heterocycles. The van der Waals surface area contributed by atoms with Crippen molar-refractivity contribution in [2.75, 3.05) is 31.1 Å². The van der Waals surface area contributed by atoms with E-state index in [-0.39, 0.29) is 5.91 Å². The summed E-state index contributed by atoms with van der Waals surface area (Å²) in [7, 11) is 0. The van der Waals surface area contributed by atoms with Crippen molar-refractivity contribution in [2.24, 2.45) is 0 Å². The molecule has 2 aromatic carbocycles. The van der Waals surface area contributed by atoms with Crippen molar-refractivity contribution in [2.45, 2.75) is 6.42 Å². The van der Waals surface area contributed by atoms with E-state index in [2.05, 4.69) is 44.3 Å². The summed E-state index contributed by atoms with van der Waals surface area (Å²) in [4.78, 5) is 21.0. The molecule has 1 saturated heterocycles. The molecule has 0 spiro atoms. The van der Waals surface area contributed by atoms with Crippen molar-refractivity contribution in [1.82, 2.24) is 24.6 Å². The number of amides is 1. The molecule has 7 nitrogen and oxygen atoms in total. The number of hydrogen-bond acceptors (Lipinski definition) is 5. The van der Waals surface area contributed by atoms with Crippen molar-refractivity contribution in [3.8, 4) is 16.9 Å². The van der Waals surface area contributed by atoms with Crippen LogP contribution in [0.15, 0.2) is 85.5 Å². The molecule has 1 aliphatic rings. The van der Waals surface area contributed by atoms with Crippen LogP contribution in [0.1, 0.15) is 5.56 Å². The van der Waals surface area contributed by atoms with Crippen molar-refractivity contribution in [3.05, 3.63) is 91.0 Å². The zero-order chi connectivity index (χ0) is 21.8. The first-order valence-electron chi connectivity index (χ1n) is 10.8. The van der Waals surface area contributed by atoms with Crippen LogP contribution < -0.4 is 4.90 Å². The summed E-state index contributed by atoms with van der Waals surface area (Å²) in [6.07, 6.45) is 5.67. The number of benzene rings is 2. The third kappa shape index (κ3) is 4.37. The number of nitrogens with zero attached hydrogens (tertiary/aromatic N) is 6. The first-order chi connectivity index (χ1) is 15.8. The maximum atomic E-state index is 12.8. The molecular formula is C25H24N6O. The second-order valence-electron chi connectivity index (χ2n) is 7.83. The Morgan fingerprint density at radius 3 is 2.12 bits per heavy atom. The Balaban J connectivity index is 1.15. The number of anilines is 1. The number of rotatable bonds is 5. The summed E-state index contributed by atoms with van der Waals surface area (Å²) in [5, 5.41) is 8.64. The van der Waals surface area contributed by atoms with Gasteiger partial charge in [-0.05, 0) is 28.8 Å². The topological polar surface area (TPSA) is 67.2 Å². The van der Waals surface area contributed by atoms with Gasteiger partial charge in [-0.2, -0.15) is 0 Å². The van der Waals surface area contributed by atoms with E-state index in [9.17, 15) is 4.79 Å². The minimum Gasteiger partial charge on any atom is -0.352 e. The Morgan fingerprint density at radius 1 is 0.781 bits per heavy atom.